The first kappa shape index (κ1) is 21.7. The largest absolute Gasteiger partial charge is 0.456 e. The number of benzene rings is 2. The molecule has 2 aromatic carbocycles. The van der Waals surface area contributed by atoms with Crippen molar-refractivity contribution in [2.75, 3.05) is 13.1 Å². The molecule has 1 saturated heterocycles. The van der Waals surface area contributed by atoms with E-state index in [1.807, 2.05) is 0 Å². The highest BCUT2D eigenvalue weighted by Crippen LogP contribution is 2.31. The number of rotatable bonds is 7. The molecule has 1 aliphatic rings. The Morgan fingerprint density at radius 1 is 1.00 bits per heavy atom. The lowest BCUT2D eigenvalue weighted by atomic mass is 10.1. The van der Waals surface area contributed by atoms with E-state index in [1.165, 1.54) is 46.8 Å². The summed E-state index contributed by atoms with van der Waals surface area (Å²) < 4.78 is 32.3. The molecule has 0 saturated carbocycles. The van der Waals surface area contributed by atoms with Crippen molar-refractivity contribution < 1.29 is 22.6 Å². The zero-order valence-electron chi connectivity index (χ0n) is 17.0. The summed E-state index contributed by atoms with van der Waals surface area (Å²) in [6.45, 7) is 1.03. The van der Waals surface area contributed by atoms with Gasteiger partial charge in [0.2, 0.25) is 10.0 Å². The van der Waals surface area contributed by atoms with Gasteiger partial charge >= 0.3 is 0 Å². The quantitative estimate of drug-likeness (QED) is 0.225. The number of ketones is 1. The van der Waals surface area contributed by atoms with E-state index in [-0.39, 0.29) is 16.4 Å². The molecule has 1 fully saturated rings. The second kappa shape index (κ2) is 8.89. The standard InChI is InChI=1S/C23H20N2O6S/c26-22(17-7-11-19(12-8-17)32(29,30)24-15-3-4-16-24)13-9-18-10-14-23(31-18)20-5-1-2-6-21(20)25(27)28/h1-2,5-14H,3-4,15-16H2/b13-9+. The molecule has 0 bridgehead atoms. The van der Waals surface area contributed by atoms with E-state index in [1.54, 1.807) is 30.3 Å². The Morgan fingerprint density at radius 3 is 2.38 bits per heavy atom. The number of carbonyl (C=O) groups is 1. The van der Waals surface area contributed by atoms with Crippen molar-refractivity contribution in [1.82, 2.24) is 4.31 Å². The van der Waals surface area contributed by atoms with Crippen LogP contribution in [0.5, 0.6) is 0 Å². The minimum Gasteiger partial charge on any atom is -0.456 e. The van der Waals surface area contributed by atoms with Crippen molar-refractivity contribution in [2.24, 2.45) is 0 Å². The predicted molar refractivity (Wildman–Crippen MR) is 119 cm³/mol. The van der Waals surface area contributed by atoms with E-state index in [0.717, 1.165) is 12.8 Å². The first-order valence-electron chi connectivity index (χ1n) is 10.0. The molecule has 0 atom stereocenters. The van der Waals surface area contributed by atoms with Crippen molar-refractivity contribution in [2.45, 2.75) is 17.7 Å². The van der Waals surface area contributed by atoms with E-state index >= 15 is 0 Å². The van der Waals surface area contributed by atoms with Crippen LogP contribution in [-0.4, -0.2) is 36.5 Å². The van der Waals surface area contributed by atoms with E-state index in [4.69, 9.17) is 4.42 Å². The molecule has 1 aliphatic heterocycles. The van der Waals surface area contributed by atoms with Crippen LogP contribution in [0, 0.1) is 10.1 Å². The topological polar surface area (TPSA) is 111 Å². The molecule has 0 radical (unpaired) electrons. The first-order valence-corrected chi connectivity index (χ1v) is 11.5. The summed E-state index contributed by atoms with van der Waals surface area (Å²) in [5.74, 6) is 0.361. The van der Waals surface area contributed by atoms with Gasteiger partial charge in [-0.05, 0) is 67.5 Å². The van der Waals surface area contributed by atoms with Gasteiger partial charge in [0, 0.05) is 24.7 Å². The van der Waals surface area contributed by atoms with Gasteiger partial charge in [0.1, 0.15) is 11.5 Å². The van der Waals surface area contributed by atoms with E-state index in [9.17, 15) is 23.3 Å². The monoisotopic (exact) mass is 452 g/mol. The van der Waals surface area contributed by atoms with Gasteiger partial charge in [0.25, 0.3) is 5.69 Å². The second-order valence-electron chi connectivity index (χ2n) is 7.31. The van der Waals surface area contributed by atoms with Crippen LogP contribution in [-0.2, 0) is 10.0 Å². The molecular formula is C23H20N2O6S. The third-order valence-electron chi connectivity index (χ3n) is 5.23. The fraction of sp³-hybridized carbons (Fsp3) is 0.174. The fourth-order valence-corrected chi connectivity index (χ4v) is 5.07. The fourth-order valence-electron chi connectivity index (χ4n) is 3.55. The van der Waals surface area contributed by atoms with Crippen molar-refractivity contribution in [3.05, 3.63) is 88.2 Å². The van der Waals surface area contributed by atoms with Gasteiger partial charge in [-0.3, -0.25) is 14.9 Å². The SMILES string of the molecule is O=C(/C=C/c1ccc(-c2ccccc2[N+](=O)[O-])o1)c1ccc(S(=O)(=O)N2CCCC2)cc1. The highest BCUT2D eigenvalue weighted by atomic mass is 32.2. The molecule has 0 amide bonds. The maximum Gasteiger partial charge on any atom is 0.280 e. The molecule has 32 heavy (non-hydrogen) atoms. The second-order valence-corrected chi connectivity index (χ2v) is 9.25. The summed E-state index contributed by atoms with van der Waals surface area (Å²) >= 11 is 0. The Labute approximate surface area is 185 Å². The number of hydrogen-bond acceptors (Lipinski definition) is 6. The van der Waals surface area contributed by atoms with Crippen molar-refractivity contribution >= 4 is 27.6 Å². The normalized spacial score (nSPS) is 14.8. The van der Waals surface area contributed by atoms with Crippen molar-refractivity contribution in [1.29, 1.82) is 0 Å². The van der Waals surface area contributed by atoms with Crippen LogP contribution in [0.15, 0.2) is 76.1 Å². The number of nitro benzene ring substituents is 1. The third kappa shape index (κ3) is 4.39. The van der Waals surface area contributed by atoms with Crippen LogP contribution in [0.2, 0.25) is 0 Å². The van der Waals surface area contributed by atoms with Crippen LogP contribution >= 0.6 is 0 Å². The minimum atomic E-state index is -3.53. The van der Waals surface area contributed by atoms with E-state index in [0.29, 0.717) is 35.7 Å². The van der Waals surface area contributed by atoms with Crippen LogP contribution < -0.4 is 0 Å². The smallest absolute Gasteiger partial charge is 0.280 e. The van der Waals surface area contributed by atoms with Gasteiger partial charge < -0.3 is 4.42 Å². The number of para-hydroxylation sites is 1. The third-order valence-corrected chi connectivity index (χ3v) is 7.15. The molecule has 2 heterocycles. The molecule has 0 aliphatic carbocycles. The molecule has 9 heteroatoms. The molecule has 3 aromatic rings. The number of hydrogen-bond donors (Lipinski definition) is 0. The van der Waals surface area contributed by atoms with Gasteiger partial charge in [0.05, 0.1) is 15.4 Å². The summed E-state index contributed by atoms with van der Waals surface area (Å²) in [6, 6.07) is 15.3. The molecule has 0 spiro atoms. The Bertz CT molecular complexity index is 1290. The lowest BCUT2D eigenvalue weighted by molar-refractivity contribution is -0.384. The summed E-state index contributed by atoms with van der Waals surface area (Å²) in [7, 11) is -3.53. The molecule has 4 rings (SSSR count). The number of nitrogens with zero attached hydrogens (tertiary/aromatic N) is 2. The zero-order chi connectivity index (χ0) is 22.7. The lowest BCUT2D eigenvalue weighted by Crippen LogP contribution is -2.27. The van der Waals surface area contributed by atoms with Crippen LogP contribution in [0.4, 0.5) is 5.69 Å². The number of allylic oxidation sites excluding steroid dienone is 1. The molecular weight excluding hydrogens is 432 g/mol. The maximum absolute atomic E-state index is 12.6. The van der Waals surface area contributed by atoms with Gasteiger partial charge in [-0.2, -0.15) is 4.31 Å². The summed E-state index contributed by atoms with van der Waals surface area (Å²) in [6.07, 6.45) is 4.49. The molecule has 0 unspecified atom stereocenters. The van der Waals surface area contributed by atoms with Crippen molar-refractivity contribution in [3.63, 3.8) is 0 Å². The van der Waals surface area contributed by atoms with Crippen LogP contribution in [0.3, 0.4) is 0 Å². The predicted octanol–water partition coefficient (Wildman–Crippen LogP) is 4.54. The number of furan rings is 1. The molecule has 8 nitrogen and oxygen atoms in total. The van der Waals surface area contributed by atoms with Crippen LogP contribution in [0.25, 0.3) is 17.4 Å². The first-order chi connectivity index (χ1) is 15.4. The number of sulfonamides is 1. The highest BCUT2D eigenvalue weighted by Gasteiger charge is 2.27. The number of nitro groups is 1. The van der Waals surface area contributed by atoms with Gasteiger partial charge in [-0.1, -0.05) is 12.1 Å². The Morgan fingerprint density at radius 2 is 1.69 bits per heavy atom. The highest BCUT2D eigenvalue weighted by molar-refractivity contribution is 7.89. The molecule has 164 valence electrons. The Kier molecular flexibility index (Phi) is 6.02. The van der Waals surface area contributed by atoms with Gasteiger partial charge in [0.15, 0.2) is 5.78 Å². The maximum atomic E-state index is 12.6. The average Bonchev–Trinajstić information content (AvgIpc) is 3.50. The van der Waals surface area contributed by atoms with E-state index < -0.39 is 14.9 Å². The Balaban J connectivity index is 1.48. The van der Waals surface area contributed by atoms with Gasteiger partial charge in [-0.25, -0.2) is 8.42 Å². The Hall–Kier alpha value is -3.56. The average molecular weight is 452 g/mol. The zero-order valence-corrected chi connectivity index (χ0v) is 17.8. The lowest BCUT2D eigenvalue weighted by Gasteiger charge is -2.15. The summed E-state index contributed by atoms with van der Waals surface area (Å²) in [5.41, 5.74) is 0.614. The number of carbonyl (C=O) groups excluding carboxylic acids is 1. The molecule has 0 N–H and O–H groups in total. The van der Waals surface area contributed by atoms with Gasteiger partial charge in [-0.15, -0.1) is 0 Å². The summed E-state index contributed by atoms with van der Waals surface area (Å²) in [4.78, 5) is 23.4. The summed E-state index contributed by atoms with van der Waals surface area (Å²) in [5, 5.41) is 11.2. The molecule has 1 aromatic heterocycles. The van der Waals surface area contributed by atoms with Crippen LogP contribution in [0.1, 0.15) is 29.0 Å². The minimum absolute atomic E-state index is 0.0718. The van der Waals surface area contributed by atoms with Crippen molar-refractivity contribution in [3.8, 4) is 11.3 Å². The van der Waals surface area contributed by atoms with E-state index in [2.05, 4.69) is 0 Å².